The van der Waals surface area contributed by atoms with Crippen LogP contribution in [0.2, 0.25) is 0 Å². The van der Waals surface area contributed by atoms with Crippen LogP contribution < -0.4 is 10.6 Å². The van der Waals surface area contributed by atoms with Crippen molar-refractivity contribution in [2.75, 3.05) is 13.7 Å². The lowest BCUT2D eigenvalue weighted by Crippen LogP contribution is -2.23. The van der Waals surface area contributed by atoms with Crippen LogP contribution in [0.4, 0.5) is 0 Å². The Hall–Kier alpha value is -1.02. The molecule has 0 aromatic rings. The number of nitrogens with one attached hydrogen (secondary N) is 2. The van der Waals surface area contributed by atoms with Crippen LogP contribution in [0.15, 0.2) is 35.1 Å². The zero-order chi connectivity index (χ0) is 11.0. The largest absolute Gasteiger partial charge is 0.376 e. The van der Waals surface area contributed by atoms with Crippen molar-refractivity contribution in [1.82, 2.24) is 10.6 Å². The summed E-state index contributed by atoms with van der Waals surface area (Å²) in [5.74, 6) is 0. The van der Waals surface area contributed by atoms with E-state index in [4.69, 9.17) is 0 Å². The van der Waals surface area contributed by atoms with E-state index >= 15 is 0 Å². The molecular weight excluding hydrogens is 172 g/mol. The minimum absolute atomic E-state index is 0.803. The van der Waals surface area contributed by atoms with Gasteiger partial charge in [0, 0.05) is 5.70 Å². The Bertz CT molecular complexity index is 243. The minimum atomic E-state index is 0.803. The third kappa shape index (κ3) is 7.62. The maximum Gasteiger partial charge on any atom is 0.0647 e. The Labute approximate surface area is 87.8 Å². The van der Waals surface area contributed by atoms with Crippen molar-refractivity contribution in [3.63, 3.8) is 0 Å². The van der Waals surface area contributed by atoms with Crippen molar-refractivity contribution in [3.8, 4) is 0 Å². The van der Waals surface area contributed by atoms with Gasteiger partial charge < -0.3 is 10.6 Å². The Kier molecular flexibility index (Phi) is 6.85. The molecule has 0 spiro atoms. The lowest BCUT2D eigenvalue weighted by molar-refractivity contribution is 0.707. The third-order valence-electron chi connectivity index (χ3n) is 1.66. The average Bonchev–Trinajstić information content (AvgIpc) is 2.10. The van der Waals surface area contributed by atoms with E-state index in [1.54, 1.807) is 0 Å². The Morgan fingerprint density at radius 1 is 1.07 bits per heavy atom. The summed E-state index contributed by atoms with van der Waals surface area (Å²) >= 11 is 0. The predicted octanol–water partition coefficient (Wildman–Crippen LogP) is 2.57. The fraction of sp³-hybridized carbons (Fsp3) is 0.500. The highest BCUT2D eigenvalue weighted by molar-refractivity contribution is 5.25. The standard InChI is InChI=1S/C12H22N2/c1-10(2)8-11(3)6-7-12(4)14-9-13-5/h6-8,13-14H,9H2,1-5H3/b11-6-,12-7+. The van der Waals surface area contributed by atoms with E-state index in [1.165, 1.54) is 16.8 Å². The van der Waals surface area contributed by atoms with Gasteiger partial charge in [0.05, 0.1) is 6.67 Å². The molecule has 0 bridgehead atoms. The van der Waals surface area contributed by atoms with E-state index in [0.717, 1.165) is 6.67 Å². The summed E-state index contributed by atoms with van der Waals surface area (Å²) in [4.78, 5) is 0. The van der Waals surface area contributed by atoms with E-state index in [0.29, 0.717) is 0 Å². The van der Waals surface area contributed by atoms with E-state index in [1.807, 2.05) is 7.05 Å². The van der Waals surface area contributed by atoms with Crippen LogP contribution in [-0.2, 0) is 0 Å². The summed E-state index contributed by atoms with van der Waals surface area (Å²) in [7, 11) is 1.92. The van der Waals surface area contributed by atoms with E-state index in [-0.39, 0.29) is 0 Å². The molecule has 0 aromatic carbocycles. The average molecular weight is 194 g/mol. The molecule has 0 atom stereocenters. The maximum absolute atomic E-state index is 3.23. The van der Waals surface area contributed by atoms with Gasteiger partial charge >= 0.3 is 0 Å². The van der Waals surface area contributed by atoms with E-state index in [2.05, 4.69) is 56.6 Å². The van der Waals surface area contributed by atoms with Crippen LogP contribution in [0.3, 0.4) is 0 Å². The highest BCUT2D eigenvalue weighted by Crippen LogP contribution is 2.01. The fourth-order valence-electron chi connectivity index (χ4n) is 1.05. The van der Waals surface area contributed by atoms with Crippen molar-refractivity contribution < 1.29 is 0 Å². The first kappa shape index (κ1) is 13.0. The summed E-state index contributed by atoms with van der Waals surface area (Å²) in [6.45, 7) is 9.18. The van der Waals surface area contributed by atoms with Crippen LogP contribution >= 0.6 is 0 Å². The Balaban J connectivity index is 4.17. The summed E-state index contributed by atoms with van der Waals surface area (Å²) in [5, 5.41) is 6.26. The molecule has 0 aliphatic rings. The fourth-order valence-corrected chi connectivity index (χ4v) is 1.05. The van der Waals surface area contributed by atoms with Crippen LogP contribution in [-0.4, -0.2) is 13.7 Å². The Morgan fingerprint density at radius 2 is 1.71 bits per heavy atom. The molecule has 0 aliphatic heterocycles. The minimum Gasteiger partial charge on any atom is -0.376 e. The molecule has 2 heteroatoms. The first-order valence-corrected chi connectivity index (χ1v) is 4.95. The van der Waals surface area contributed by atoms with Gasteiger partial charge in [-0.15, -0.1) is 0 Å². The van der Waals surface area contributed by atoms with Crippen LogP contribution in [0.1, 0.15) is 27.7 Å². The van der Waals surface area contributed by atoms with Gasteiger partial charge in [-0.25, -0.2) is 0 Å². The molecule has 2 nitrogen and oxygen atoms in total. The van der Waals surface area contributed by atoms with Gasteiger partial charge in [0.2, 0.25) is 0 Å². The van der Waals surface area contributed by atoms with Crippen LogP contribution in [0, 0.1) is 0 Å². The second kappa shape index (κ2) is 7.39. The van der Waals surface area contributed by atoms with Crippen molar-refractivity contribution in [2.45, 2.75) is 27.7 Å². The summed E-state index contributed by atoms with van der Waals surface area (Å²) in [5.41, 5.74) is 3.77. The molecule has 0 amide bonds. The van der Waals surface area contributed by atoms with Gasteiger partial charge in [0.15, 0.2) is 0 Å². The zero-order valence-corrected chi connectivity index (χ0v) is 9.94. The van der Waals surface area contributed by atoms with Gasteiger partial charge in [-0.2, -0.15) is 0 Å². The zero-order valence-electron chi connectivity index (χ0n) is 9.94. The lowest BCUT2D eigenvalue weighted by Gasteiger charge is -2.03. The lowest BCUT2D eigenvalue weighted by atomic mass is 10.2. The molecule has 2 N–H and O–H groups in total. The normalized spacial score (nSPS) is 12.6. The molecule has 0 radical (unpaired) electrons. The predicted molar refractivity (Wildman–Crippen MR) is 64.0 cm³/mol. The Morgan fingerprint density at radius 3 is 2.21 bits per heavy atom. The number of hydrogen-bond acceptors (Lipinski definition) is 2. The smallest absolute Gasteiger partial charge is 0.0647 e. The van der Waals surface area contributed by atoms with E-state index < -0.39 is 0 Å². The molecule has 14 heavy (non-hydrogen) atoms. The van der Waals surface area contributed by atoms with Crippen LogP contribution in [0.25, 0.3) is 0 Å². The molecule has 0 unspecified atom stereocenters. The van der Waals surface area contributed by atoms with Gasteiger partial charge in [-0.05, 0) is 40.8 Å². The van der Waals surface area contributed by atoms with Gasteiger partial charge in [-0.3, -0.25) is 0 Å². The first-order valence-electron chi connectivity index (χ1n) is 4.95. The van der Waals surface area contributed by atoms with Gasteiger partial charge in [0.1, 0.15) is 0 Å². The number of allylic oxidation sites excluding steroid dienone is 6. The molecular formula is C12H22N2. The molecule has 0 heterocycles. The summed E-state index contributed by atoms with van der Waals surface area (Å²) < 4.78 is 0. The number of rotatable bonds is 5. The topological polar surface area (TPSA) is 24.1 Å². The second-order valence-corrected chi connectivity index (χ2v) is 3.69. The van der Waals surface area contributed by atoms with Crippen molar-refractivity contribution in [3.05, 3.63) is 35.1 Å². The molecule has 0 rings (SSSR count). The maximum atomic E-state index is 3.23. The molecule has 0 saturated carbocycles. The second-order valence-electron chi connectivity index (χ2n) is 3.69. The molecule has 0 aromatic heterocycles. The van der Waals surface area contributed by atoms with E-state index in [9.17, 15) is 0 Å². The van der Waals surface area contributed by atoms with Crippen molar-refractivity contribution in [2.24, 2.45) is 0 Å². The first-order chi connectivity index (χ1) is 6.56. The van der Waals surface area contributed by atoms with Gasteiger partial charge in [0.25, 0.3) is 0 Å². The summed E-state index contributed by atoms with van der Waals surface area (Å²) in [6.07, 6.45) is 6.37. The molecule has 0 saturated heterocycles. The highest BCUT2D eigenvalue weighted by atomic mass is 15.0. The molecule has 0 fully saturated rings. The number of hydrogen-bond donors (Lipinski definition) is 2. The van der Waals surface area contributed by atoms with Crippen LogP contribution in [0.5, 0.6) is 0 Å². The summed E-state index contributed by atoms with van der Waals surface area (Å²) in [6, 6.07) is 0. The van der Waals surface area contributed by atoms with Crippen molar-refractivity contribution >= 4 is 0 Å². The highest BCUT2D eigenvalue weighted by Gasteiger charge is 1.84. The molecule has 0 aliphatic carbocycles. The van der Waals surface area contributed by atoms with Gasteiger partial charge in [-0.1, -0.05) is 23.3 Å². The monoisotopic (exact) mass is 194 g/mol. The third-order valence-corrected chi connectivity index (χ3v) is 1.66. The van der Waals surface area contributed by atoms with Crippen molar-refractivity contribution in [1.29, 1.82) is 0 Å². The molecule has 80 valence electrons. The quantitative estimate of drug-likeness (QED) is 0.519. The SMILES string of the molecule is CNCN/C(C)=C/C=C(/C)C=C(C)C.